The Hall–Kier alpha value is -3.52. The minimum absolute atomic E-state index is 0.120. The molecule has 31 heavy (non-hydrogen) atoms. The number of methoxy groups -OCH3 is 1. The summed E-state index contributed by atoms with van der Waals surface area (Å²) in [4.78, 5) is 28.4. The van der Waals surface area contributed by atoms with Gasteiger partial charge in [-0.25, -0.2) is 0 Å². The Morgan fingerprint density at radius 3 is 2.94 bits per heavy atom. The average Bonchev–Trinajstić information content (AvgIpc) is 3.54. The number of hydrogen-bond acceptors (Lipinski definition) is 6. The fraction of sp³-hybridized carbons (Fsp3) is 0.304. The van der Waals surface area contributed by atoms with E-state index in [-0.39, 0.29) is 18.6 Å². The van der Waals surface area contributed by atoms with Crippen LogP contribution in [-0.4, -0.2) is 44.0 Å². The Morgan fingerprint density at radius 1 is 1.19 bits per heavy atom. The molecule has 4 atom stereocenters. The molecule has 4 aliphatic heterocycles. The molecule has 6 rings (SSSR count). The second kappa shape index (κ2) is 6.49. The highest BCUT2D eigenvalue weighted by molar-refractivity contribution is 6.05. The number of carbonyl (C=O) groups is 2. The molecule has 2 fully saturated rings. The van der Waals surface area contributed by atoms with Gasteiger partial charge in [-0.3, -0.25) is 9.59 Å². The van der Waals surface area contributed by atoms with E-state index in [9.17, 15) is 9.59 Å². The van der Waals surface area contributed by atoms with Gasteiger partial charge in [0.05, 0.1) is 31.6 Å². The minimum Gasteiger partial charge on any atom is -0.497 e. The molecule has 1 spiro atoms. The quantitative estimate of drug-likeness (QED) is 0.765. The van der Waals surface area contributed by atoms with E-state index in [1.54, 1.807) is 30.2 Å². The van der Waals surface area contributed by atoms with Gasteiger partial charge in [0.2, 0.25) is 18.6 Å². The van der Waals surface area contributed by atoms with Crippen LogP contribution >= 0.6 is 0 Å². The SMILES string of the molecule is COc1cccc(N2C[C@@]34C=C[C@@H](O3)[C@@H](C(=O)Nc3ccc5c(c3)OCO5)[C@@H]4C2=O)c1. The van der Waals surface area contributed by atoms with Crippen molar-refractivity contribution < 1.29 is 28.5 Å². The van der Waals surface area contributed by atoms with Crippen LogP contribution in [0.3, 0.4) is 0 Å². The maximum Gasteiger partial charge on any atom is 0.234 e. The lowest BCUT2D eigenvalue weighted by molar-refractivity contribution is -0.128. The number of anilines is 2. The molecule has 158 valence electrons. The van der Waals surface area contributed by atoms with Crippen LogP contribution in [0.2, 0.25) is 0 Å². The molecule has 4 aliphatic rings. The molecule has 0 unspecified atom stereocenters. The summed E-state index contributed by atoms with van der Waals surface area (Å²) in [6.45, 7) is 0.528. The lowest BCUT2D eigenvalue weighted by Crippen LogP contribution is -2.41. The zero-order valence-corrected chi connectivity index (χ0v) is 16.7. The molecule has 8 heteroatoms. The number of carbonyl (C=O) groups excluding carboxylic acids is 2. The van der Waals surface area contributed by atoms with Gasteiger partial charge < -0.3 is 29.2 Å². The van der Waals surface area contributed by atoms with E-state index >= 15 is 0 Å². The molecule has 0 saturated carbocycles. The average molecular weight is 420 g/mol. The third-order valence-corrected chi connectivity index (χ3v) is 6.41. The van der Waals surface area contributed by atoms with Gasteiger partial charge in [0, 0.05) is 23.5 Å². The number of fused-ring (bicyclic) bond motifs is 2. The van der Waals surface area contributed by atoms with Gasteiger partial charge in [0.15, 0.2) is 11.5 Å². The maximum absolute atomic E-state index is 13.4. The minimum atomic E-state index is -0.790. The fourth-order valence-corrected chi connectivity index (χ4v) is 4.99. The van der Waals surface area contributed by atoms with Gasteiger partial charge in [-0.1, -0.05) is 18.2 Å². The number of nitrogens with zero attached hydrogens (tertiary/aromatic N) is 1. The number of hydrogen-bond donors (Lipinski definition) is 1. The zero-order chi connectivity index (χ0) is 21.2. The number of amides is 2. The van der Waals surface area contributed by atoms with Crippen molar-refractivity contribution in [1.29, 1.82) is 0 Å². The van der Waals surface area contributed by atoms with Crippen molar-refractivity contribution in [3.05, 3.63) is 54.6 Å². The first kappa shape index (κ1) is 18.3. The third-order valence-electron chi connectivity index (χ3n) is 6.41. The van der Waals surface area contributed by atoms with Crippen molar-refractivity contribution in [3.8, 4) is 17.2 Å². The molecule has 2 saturated heterocycles. The van der Waals surface area contributed by atoms with Gasteiger partial charge in [-0.15, -0.1) is 0 Å². The van der Waals surface area contributed by atoms with Gasteiger partial charge in [0.25, 0.3) is 0 Å². The van der Waals surface area contributed by atoms with E-state index in [0.29, 0.717) is 29.5 Å². The van der Waals surface area contributed by atoms with Crippen molar-refractivity contribution in [2.45, 2.75) is 11.7 Å². The van der Waals surface area contributed by atoms with Crippen LogP contribution in [0.15, 0.2) is 54.6 Å². The Bertz CT molecular complexity index is 1130. The molecular formula is C23H20N2O6. The van der Waals surface area contributed by atoms with E-state index in [1.165, 1.54) is 0 Å². The van der Waals surface area contributed by atoms with Crippen LogP contribution in [0, 0.1) is 11.8 Å². The van der Waals surface area contributed by atoms with Crippen molar-refractivity contribution in [1.82, 2.24) is 0 Å². The van der Waals surface area contributed by atoms with Gasteiger partial charge in [0.1, 0.15) is 11.4 Å². The molecule has 8 nitrogen and oxygen atoms in total. The van der Waals surface area contributed by atoms with E-state index in [2.05, 4.69) is 5.32 Å². The second-order valence-electron chi connectivity index (χ2n) is 8.08. The first-order valence-corrected chi connectivity index (χ1v) is 10.1. The number of nitrogens with one attached hydrogen (secondary N) is 1. The first-order chi connectivity index (χ1) is 15.1. The van der Waals surface area contributed by atoms with E-state index in [1.807, 2.05) is 36.4 Å². The second-order valence-corrected chi connectivity index (χ2v) is 8.08. The van der Waals surface area contributed by atoms with Crippen LogP contribution in [0.5, 0.6) is 17.2 Å². The Kier molecular flexibility index (Phi) is 3.82. The molecule has 4 heterocycles. The van der Waals surface area contributed by atoms with E-state index in [4.69, 9.17) is 18.9 Å². The summed E-state index contributed by atoms with van der Waals surface area (Å²) in [6.07, 6.45) is 3.41. The maximum atomic E-state index is 13.4. The van der Waals surface area contributed by atoms with Crippen LogP contribution in [-0.2, 0) is 14.3 Å². The molecule has 0 aliphatic carbocycles. The fourth-order valence-electron chi connectivity index (χ4n) is 4.99. The Morgan fingerprint density at radius 2 is 2.06 bits per heavy atom. The topological polar surface area (TPSA) is 86.3 Å². The predicted octanol–water partition coefficient (Wildman–Crippen LogP) is 2.35. The lowest BCUT2D eigenvalue weighted by Gasteiger charge is -2.23. The van der Waals surface area contributed by atoms with Crippen LogP contribution < -0.4 is 24.4 Å². The summed E-state index contributed by atoms with van der Waals surface area (Å²) in [5.74, 6) is 0.327. The van der Waals surface area contributed by atoms with E-state index < -0.39 is 23.5 Å². The first-order valence-electron chi connectivity index (χ1n) is 10.1. The molecular weight excluding hydrogens is 400 g/mol. The predicted molar refractivity (Wildman–Crippen MR) is 110 cm³/mol. The van der Waals surface area contributed by atoms with Crippen molar-refractivity contribution >= 4 is 23.2 Å². The highest BCUT2D eigenvalue weighted by atomic mass is 16.7. The summed E-state index contributed by atoms with van der Waals surface area (Å²) in [5.41, 5.74) is 0.524. The van der Waals surface area contributed by atoms with Crippen LogP contribution in [0.1, 0.15) is 0 Å². The van der Waals surface area contributed by atoms with Gasteiger partial charge >= 0.3 is 0 Å². The molecule has 2 amide bonds. The summed E-state index contributed by atoms with van der Waals surface area (Å²) in [7, 11) is 1.59. The highest BCUT2D eigenvalue weighted by Crippen LogP contribution is 2.53. The van der Waals surface area contributed by atoms with Gasteiger partial charge in [-0.05, 0) is 24.3 Å². The van der Waals surface area contributed by atoms with Crippen LogP contribution in [0.4, 0.5) is 11.4 Å². The smallest absolute Gasteiger partial charge is 0.234 e. The molecule has 1 N–H and O–H groups in total. The van der Waals surface area contributed by atoms with E-state index in [0.717, 1.165) is 5.69 Å². The largest absolute Gasteiger partial charge is 0.497 e. The number of benzene rings is 2. The monoisotopic (exact) mass is 420 g/mol. The lowest BCUT2D eigenvalue weighted by atomic mass is 9.77. The summed E-state index contributed by atoms with van der Waals surface area (Å²) >= 11 is 0. The Balaban J connectivity index is 1.28. The van der Waals surface area contributed by atoms with Crippen molar-refractivity contribution in [2.75, 3.05) is 30.7 Å². The zero-order valence-electron chi connectivity index (χ0n) is 16.7. The molecule has 2 aromatic rings. The Labute approximate surface area is 178 Å². The van der Waals surface area contributed by atoms with Crippen molar-refractivity contribution in [2.24, 2.45) is 11.8 Å². The molecule has 0 radical (unpaired) electrons. The molecule has 0 aromatic heterocycles. The molecule has 2 bridgehead atoms. The molecule has 2 aromatic carbocycles. The van der Waals surface area contributed by atoms with Crippen LogP contribution in [0.25, 0.3) is 0 Å². The standard InChI is InChI=1S/C23H20N2O6/c1-28-15-4-2-3-14(10-15)25-11-23-8-7-17(31-23)19(20(23)22(25)27)21(26)24-13-5-6-16-18(9-13)30-12-29-16/h2-10,17,19-20H,11-12H2,1H3,(H,24,26)/t17-,19-,20-,23-/m1/s1. The normalized spacial score (nSPS) is 29.4. The van der Waals surface area contributed by atoms with Gasteiger partial charge in [-0.2, -0.15) is 0 Å². The number of rotatable bonds is 4. The number of ether oxygens (including phenoxy) is 4. The summed E-state index contributed by atoms with van der Waals surface area (Å²) in [6, 6.07) is 12.6. The van der Waals surface area contributed by atoms with Crippen molar-refractivity contribution in [3.63, 3.8) is 0 Å². The highest BCUT2D eigenvalue weighted by Gasteiger charge is 2.67. The third kappa shape index (κ3) is 2.64. The summed E-state index contributed by atoms with van der Waals surface area (Å²) in [5, 5.41) is 2.92. The summed E-state index contributed by atoms with van der Waals surface area (Å²) < 4.78 is 22.2.